The van der Waals surface area contributed by atoms with Crippen LogP contribution in [0.2, 0.25) is 0 Å². The van der Waals surface area contributed by atoms with Crippen molar-refractivity contribution in [1.82, 2.24) is 0 Å². The average molecular weight is 115 g/mol. The number of nitrogens with two attached hydrogens (primary N) is 1. The first-order valence-corrected chi connectivity index (χ1v) is 3.04. The second-order valence-corrected chi connectivity index (χ2v) is 2.50. The zero-order valence-electron chi connectivity index (χ0n) is 5.42. The van der Waals surface area contributed by atoms with E-state index in [4.69, 9.17) is 10.5 Å². The summed E-state index contributed by atoms with van der Waals surface area (Å²) in [6.07, 6.45) is 1.51. The minimum Gasteiger partial charge on any atom is -0.381 e. The third kappa shape index (κ3) is 1.01. The Morgan fingerprint density at radius 1 is 1.75 bits per heavy atom. The average Bonchev–Trinajstić information content (AvgIpc) is 2.45. The number of methoxy groups -OCH3 is 1. The van der Waals surface area contributed by atoms with Crippen LogP contribution in [0.5, 0.6) is 0 Å². The van der Waals surface area contributed by atoms with Crippen LogP contribution in [-0.2, 0) is 4.74 Å². The van der Waals surface area contributed by atoms with Gasteiger partial charge in [0.25, 0.3) is 0 Å². The van der Waals surface area contributed by atoms with Gasteiger partial charge in [-0.25, -0.2) is 0 Å². The van der Waals surface area contributed by atoms with Gasteiger partial charge in [-0.2, -0.15) is 0 Å². The summed E-state index contributed by atoms with van der Waals surface area (Å²) in [6, 6.07) is 0.421. The largest absolute Gasteiger partial charge is 0.381 e. The highest BCUT2D eigenvalue weighted by molar-refractivity contribution is 4.93. The van der Waals surface area contributed by atoms with Crippen molar-refractivity contribution in [2.75, 3.05) is 7.11 Å². The van der Waals surface area contributed by atoms with Crippen LogP contribution < -0.4 is 5.73 Å². The highest BCUT2D eigenvalue weighted by atomic mass is 16.5. The van der Waals surface area contributed by atoms with E-state index in [-0.39, 0.29) is 0 Å². The minimum atomic E-state index is 0.366. The first-order chi connectivity index (χ1) is 3.75. The van der Waals surface area contributed by atoms with Crippen molar-refractivity contribution in [2.24, 2.45) is 11.7 Å². The van der Waals surface area contributed by atoms with E-state index < -0.39 is 0 Å². The minimum absolute atomic E-state index is 0.366. The van der Waals surface area contributed by atoms with Crippen LogP contribution in [-0.4, -0.2) is 19.3 Å². The lowest BCUT2D eigenvalue weighted by Crippen LogP contribution is -2.14. The number of ether oxygens (including phenoxy) is 1. The first kappa shape index (κ1) is 6.05. The van der Waals surface area contributed by atoms with Gasteiger partial charge in [-0.05, 0) is 13.3 Å². The molecule has 0 heterocycles. The molecule has 3 unspecified atom stereocenters. The molecule has 0 aromatic rings. The van der Waals surface area contributed by atoms with Gasteiger partial charge in [0.15, 0.2) is 0 Å². The van der Waals surface area contributed by atoms with Gasteiger partial charge >= 0.3 is 0 Å². The van der Waals surface area contributed by atoms with Crippen molar-refractivity contribution in [2.45, 2.75) is 25.5 Å². The Balaban J connectivity index is 2.18. The SMILES string of the molecule is COC(C)C1CC1N. The molecule has 0 aliphatic heterocycles. The fourth-order valence-corrected chi connectivity index (χ4v) is 0.950. The summed E-state index contributed by atoms with van der Waals surface area (Å²) in [6.45, 7) is 2.07. The van der Waals surface area contributed by atoms with Crippen molar-refractivity contribution < 1.29 is 4.74 Å². The standard InChI is InChI=1S/C6H13NO/c1-4(8-2)5-3-6(5)7/h4-6H,3,7H2,1-2H3. The molecule has 1 rings (SSSR count). The molecule has 8 heavy (non-hydrogen) atoms. The molecule has 0 saturated heterocycles. The topological polar surface area (TPSA) is 35.2 Å². The number of hydrogen-bond donors (Lipinski definition) is 1. The molecule has 0 aromatic heterocycles. The molecule has 1 saturated carbocycles. The summed E-state index contributed by atoms with van der Waals surface area (Å²) in [5.74, 6) is 0.639. The molecule has 0 radical (unpaired) electrons. The van der Waals surface area contributed by atoms with Crippen LogP contribution in [0.15, 0.2) is 0 Å². The number of rotatable bonds is 2. The molecule has 1 aliphatic rings. The normalized spacial score (nSPS) is 39.4. The molecule has 2 N–H and O–H groups in total. The monoisotopic (exact) mass is 115 g/mol. The molecular weight excluding hydrogens is 102 g/mol. The summed E-state index contributed by atoms with van der Waals surface area (Å²) in [5.41, 5.74) is 5.56. The van der Waals surface area contributed by atoms with Crippen LogP contribution in [0.3, 0.4) is 0 Å². The summed E-state index contributed by atoms with van der Waals surface area (Å²) in [5, 5.41) is 0. The molecule has 1 aliphatic carbocycles. The van der Waals surface area contributed by atoms with Crippen LogP contribution in [0, 0.1) is 5.92 Å². The molecule has 2 nitrogen and oxygen atoms in total. The van der Waals surface area contributed by atoms with E-state index in [1.807, 2.05) is 0 Å². The van der Waals surface area contributed by atoms with Crippen LogP contribution >= 0.6 is 0 Å². The molecular formula is C6H13NO. The zero-order chi connectivity index (χ0) is 6.15. The van der Waals surface area contributed by atoms with Crippen molar-refractivity contribution in [3.63, 3.8) is 0 Å². The van der Waals surface area contributed by atoms with Gasteiger partial charge in [-0.3, -0.25) is 0 Å². The third-order valence-electron chi connectivity index (χ3n) is 1.87. The molecule has 2 heteroatoms. The predicted molar refractivity (Wildman–Crippen MR) is 32.6 cm³/mol. The third-order valence-corrected chi connectivity index (χ3v) is 1.87. The summed E-state index contributed by atoms with van der Waals surface area (Å²) >= 11 is 0. The Morgan fingerprint density at radius 3 is 2.38 bits per heavy atom. The van der Waals surface area contributed by atoms with E-state index in [0.717, 1.165) is 6.42 Å². The van der Waals surface area contributed by atoms with Gasteiger partial charge in [0.2, 0.25) is 0 Å². The van der Waals surface area contributed by atoms with Crippen molar-refractivity contribution in [3.05, 3.63) is 0 Å². The van der Waals surface area contributed by atoms with E-state index >= 15 is 0 Å². The zero-order valence-corrected chi connectivity index (χ0v) is 5.42. The van der Waals surface area contributed by atoms with Crippen molar-refractivity contribution in [1.29, 1.82) is 0 Å². The second kappa shape index (κ2) is 2.03. The molecule has 0 bridgehead atoms. The van der Waals surface area contributed by atoms with Gasteiger partial charge in [0.05, 0.1) is 6.10 Å². The van der Waals surface area contributed by atoms with Crippen molar-refractivity contribution >= 4 is 0 Å². The summed E-state index contributed by atoms with van der Waals surface area (Å²) in [7, 11) is 1.73. The van der Waals surface area contributed by atoms with Crippen LogP contribution in [0.4, 0.5) is 0 Å². The van der Waals surface area contributed by atoms with E-state index in [1.165, 1.54) is 0 Å². The smallest absolute Gasteiger partial charge is 0.0586 e. The Morgan fingerprint density at radius 2 is 2.25 bits per heavy atom. The molecule has 0 aromatic carbocycles. The highest BCUT2D eigenvalue weighted by Crippen LogP contribution is 2.32. The van der Waals surface area contributed by atoms with Gasteiger partial charge in [-0.15, -0.1) is 0 Å². The van der Waals surface area contributed by atoms with Gasteiger partial charge in [0, 0.05) is 19.1 Å². The lowest BCUT2D eigenvalue weighted by atomic mass is 10.2. The first-order valence-electron chi connectivity index (χ1n) is 3.04. The Labute approximate surface area is 50.0 Å². The maximum atomic E-state index is 5.56. The molecule has 3 atom stereocenters. The maximum absolute atomic E-state index is 5.56. The lowest BCUT2D eigenvalue weighted by molar-refractivity contribution is 0.0986. The van der Waals surface area contributed by atoms with Crippen molar-refractivity contribution in [3.8, 4) is 0 Å². The van der Waals surface area contributed by atoms with Crippen LogP contribution in [0.1, 0.15) is 13.3 Å². The Kier molecular flexibility index (Phi) is 1.54. The quantitative estimate of drug-likeness (QED) is 0.564. The highest BCUT2D eigenvalue weighted by Gasteiger charge is 2.37. The van der Waals surface area contributed by atoms with Crippen LogP contribution in [0.25, 0.3) is 0 Å². The van der Waals surface area contributed by atoms with Gasteiger partial charge in [-0.1, -0.05) is 0 Å². The summed E-state index contributed by atoms with van der Waals surface area (Å²) in [4.78, 5) is 0. The van der Waals surface area contributed by atoms with Gasteiger partial charge < -0.3 is 10.5 Å². The maximum Gasteiger partial charge on any atom is 0.0586 e. The molecule has 0 spiro atoms. The second-order valence-electron chi connectivity index (χ2n) is 2.50. The van der Waals surface area contributed by atoms with E-state index in [0.29, 0.717) is 18.1 Å². The fraction of sp³-hybridized carbons (Fsp3) is 1.00. The molecule has 0 amide bonds. The van der Waals surface area contributed by atoms with Gasteiger partial charge in [0.1, 0.15) is 0 Å². The summed E-state index contributed by atoms with van der Waals surface area (Å²) < 4.78 is 5.06. The predicted octanol–water partition coefficient (Wildman–Crippen LogP) is 0.369. The number of hydrogen-bond acceptors (Lipinski definition) is 2. The Bertz CT molecular complexity index is 82.6. The van der Waals surface area contributed by atoms with E-state index in [9.17, 15) is 0 Å². The lowest BCUT2D eigenvalue weighted by Gasteiger charge is -2.05. The van der Waals surface area contributed by atoms with E-state index in [2.05, 4.69) is 6.92 Å². The van der Waals surface area contributed by atoms with E-state index in [1.54, 1.807) is 7.11 Å². The Hall–Kier alpha value is -0.0800. The fourth-order valence-electron chi connectivity index (χ4n) is 0.950. The molecule has 48 valence electrons. The molecule has 1 fully saturated rings.